The lowest BCUT2D eigenvalue weighted by Gasteiger charge is -2.07. The van der Waals surface area contributed by atoms with Gasteiger partial charge in [-0.05, 0) is 6.92 Å². The molecule has 10 heavy (non-hydrogen) atoms. The maximum atomic E-state index is 5.53. The number of guanidine groups is 1. The molecule has 0 aromatic carbocycles. The summed E-state index contributed by atoms with van der Waals surface area (Å²) < 4.78 is 0. The van der Waals surface area contributed by atoms with Gasteiger partial charge in [0.2, 0.25) is 0 Å². The van der Waals surface area contributed by atoms with E-state index in [0.717, 1.165) is 25.6 Å². The van der Waals surface area contributed by atoms with Crippen LogP contribution in [0.1, 0.15) is 6.92 Å². The normalized spacial score (nSPS) is 19.6. The van der Waals surface area contributed by atoms with E-state index < -0.39 is 0 Å². The first-order chi connectivity index (χ1) is 4.79. The Bertz CT molecular complexity index is 130. The van der Waals surface area contributed by atoms with Gasteiger partial charge >= 0.3 is 0 Å². The topological polar surface area (TPSA) is 62.4 Å². The van der Waals surface area contributed by atoms with Gasteiger partial charge in [-0.25, -0.2) is 0 Å². The van der Waals surface area contributed by atoms with Gasteiger partial charge in [0, 0.05) is 19.1 Å². The first-order valence-electron chi connectivity index (χ1n) is 3.57. The summed E-state index contributed by atoms with van der Waals surface area (Å²) in [5.74, 6) is 0.886. The highest BCUT2D eigenvalue weighted by molar-refractivity contribution is 5.81. The van der Waals surface area contributed by atoms with Crippen molar-refractivity contribution in [3.63, 3.8) is 0 Å². The third kappa shape index (κ3) is 2.23. The molecule has 0 spiro atoms. The lowest BCUT2D eigenvalue weighted by molar-refractivity contribution is 0.696. The molecule has 0 fully saturated rings. The zero-order valence-electron chi connectivity index (χ0n) is 6.22. The molecule has 1 atom stereocenters. The first kappa shape index (κ1) is 7.34. The second kappa shape index (κ2) is 3.41. The molecule has 0 aliphatic carbocycles. The number of nitrogens with one attached hydrogen (secondary N) is 2. The molecule has 0 aromatic rings. The smallest absolute Gasteiger partial charge is 0.191 e. The Kier molecular flexibility index (Phi) is 2.50. The number of nitrogens with two attached hydrogens (primary N) is 1. The number of nitrogens with zero attached hydrogens (tertiary/aromatic N) is 1. The van der Waals surface area contributed by atoms with E-state index in [1.807, 2.05) is 6.92 Å². The van der Waals surface area contributed by atoms with E-state index in [2.05, 4.69) is 15.6 Å². The van der Waals surface area contributed by atoms with Gasteiger partial charge in [0.25, 0.3) is 0 Å². The molecule has 4 N–H and O–H groups in total. The van der Waals surface area contributed by atoms with Gasteiger partial charge in [0.1, 0.15) is 0 Å². The molecule has 0 amide bonds. The summed E-state index contributed by atoms with van der Waals surface area (Å²) in [6.07, 6.45) is 0. The van der Waals surface area contributed by atoms with Gasteiger partial charge in [-0.1, -0.05) is 0 Å². The van der Waals surface area contributed by atoms with E-state index >= 15 is 0 Å². The Morgan fingerprint density at radius 3 is 3.20 bits per heavy atom. The van der Waals surface area contributed by atoms with Crippen molar-refractivity contribution in [3.05, 3.63) is 0 Å². The summed E-state index contributed by atoms with van der Waals surface area (Å²) in [6.45, 7) is 4.57. The molecule has 0 bridgehead atoms. The highest BCUT2D eigenvalue weighted by Gasteiger charge is 2.03. The molecule has 1 aliphatic heterocycles. The summed E-state index contributed by atoms with van der Waals surface area (Å²) in [7, 11) is 0. The van der Waals surface area contributed by atoms with Gasteiger partial charge in [0.05, 0.1) is 6.54 Å². The van der Waals surface area contributed by atoms with E-state index in [0.29, 0.717) is 0 Å². The fourth-order valence-corrected chi connectivity index (χ4v) is 0.774. The van der Waals surface area contributed by atoms with E-state index in [1.54, 1.807) is 0 Å². The van der Waals surface area contributed by atoms with E-state index in [9.17, 15) is 0 Å². The van der Waals surface area contributed by atoms with Crippen LogP contribution in [-0.2, 0) is 0 Å². The molecule has 1 aliphatic rings. The van der Waals surface area contributed by atoms with E-state index in [1.165, 1.54) is 0 Å². The largest absolute Gasteiger partial charge is 0.355 e. The fraction of sp³-hybridized carbons (Fsp3) is 0.833. The van der Waals surface area contributed by atoms with Crippen molar-refractivity contribution in [1.29, 1.82) is 0 Å². The number of hydrogen-bond donors (Lipinski definition) is 3. The van der Waals surface area contributed by atoms with Gasteiger partial charge in [-0.3, -0.25) is 4.99 Å². The number of hydrogen-bond acceptors (Lipinski definition) is 4. The van der Waals surface area contributed by atoms with E-state index in [4.69, 9.17) is 5.73 Å². The van der Waals surface area contributed by atoms with Crippen molar-refractivity contribution >= 4 is 5.96 Å². The minimum Gasteiger partial charge on any atom is -0.355 e. The maximum Gasteiger partial charge on any atom is 0.191 e. The van der Waals surface area contributed by atoms with Crippen LogP contribution in [0.5, 0.6) is 0 Å². The third-order valence-electron chi connectivity index (χ3n) is 1.27. The van der Waals surface area contributed by atoms with Crippen molar-refractivity contribution in [3.8, 4) is 0 Å². The van der Waals surface area contributed by atoms with Crippen LogP contribution < -0.4 is 16.4 Å². The molecule has 0 radical (unpaired) electrons. The summed E-state index contributed by atoms with van der Waals surface area (Å²) >= 11 is 0. The summed E-state index contributed by atoms with van der Waals surface area (Å²) in [4.78, 5) is 4.15. The minimum atomic E-state index is 0.185. The highest BCUT2D eigenvalue weighted by Crippen LogP contribution is 1.80. The van der Waals surface area contributed by atoms with E-state index in [-0.39, 0.29) is 6.04 Å². The monoisotopic (exact) mass is 142 g/mol. The molecule has 4 heteroatoms. The molecule has 58 valence electrons. The SMILES string of the molecule is CC(N)CNC1=NCCN1. The molecule has 0 saturated carbocycles. The third-order valence-corrected chi connectivity index (χ3v) is 1.27. The van der Waals surface area contributed by atoms with Crippen molar-refractivity contribution < 1.29 is 0 Å². The molecule has 1 unspecified atom stereocenters. The average Bonchev–Trinajstić information content (AvgIpc) is 2.34. The maximum absolute atomic E-state index is 5.53. The number of aliphatic imine (C=N–C) groups is 1. The number of rotatable bonds is 2. The van der Waals surface area contributed by atoms with Crippen molar-refractivity contribution in [2.24, 2.45) is 10.7 Å². The van der Waals surface area contributed by atoms with Crippen LogP contribution in [0.4, 0.5) is 0 Å². The second-order valence-corrected chi connectivity index (χ2v) is 2.52. The van der Waals surface area contributed by atoms with Crippen LogP contribution in [0.15, 0.2) is 4.99 Å². The summed E-state index contributed by atoms with van der Waals surface area (Å²) in [5.41, 5.74) is 5.53. The van der Waals surface area contributed by atoms with Crippen LogP contribution in [-0.4, -0.2) is 31.6 Å². The average molecular weight is 142 g/mol. The van der Waals surface area contributed by atoms with Crippen LogP contribution >= 0.6 is 0 Å². The first-order valence-corrected chi connectivity index (χ1v) is 3.57. The van der Waals surface area contributed by atoms with Crippen molar-refractivity contribution in [1.82, 2.24) is 10.6 Å². The standard InChI is InChI=1S/C6H14N4/c1-5(7)4-10-6-8-2-3-9-6/h5H,2-4,7H2,1H3,(H2,8,9,10). The Morgan fingerprint density at radius 1 is 1.90 bits per heavy atom. The van der Waals surface area contributed by atoms with Crippen LogP contribution in [0, 0.1) is 0 Å². The second-order valence-electron chi connectivity index (χ2n) is 2.52. The Morgan fingerprint density at radius 2 is 2.70 bits per heavy atom. The summed E-state index contributed by atoms with van der Waals surface area (Å²) in [6, 6.07) is 0.185. The zero-order valence-corrected chi connectivity index (χ0v) is 6.22. The Balaban J connectivity index is 2.13. The lowest BCUT2D eigenvalue weighted by atomic mass is 10.4. The van der Waals surface area contributed by atoms with Crippen molar-refractivity contribution in [2.75, 3.05) is 19.6 Å². The van der Waals surface area contributed by atoms with Gasteiger partial charge in [-0.2, -0.15) is 0 Å². The Labute approximate surface area is 60.9 Å². The van der Waals surface area contributed by atoms with Crippen LogP contribution in [0.25, 0.3) is 0 Å². The van der Waals surface area contributed by atoms with Gasteiger partial charge in [0.15, 0.2) is 5.96 Å². The summed E-state index contributed by atoms with van der Waals surface area (Å²) in [5, 5.41) is 6.19. The zero-order chi connectivity index (χ0) is 7.40. The molecule has 1 rings (SSSR count). The minimum absolute atomic E-state index is 0.185. The van der Waals surface area contributed by atoms with Crippen molar-refractivity contribution in [2.45, 2.75) is 13.0 Å². The van der Waals surface area contributed by atoms with Gasteiger partial charge < -0.3 is 16.4 Å². The molecule has 1 heterocycles. The van der Waals surface area contributed by atoms with Crippen LogP contribution in [0.3, 0.4) is 0 Å². The fourth-order valence-electron chi connectivity index (χ4n) is 0.774. The lowest BCUT2D eigenvalue weighted by Crippen LogP contribution is -2.40. The van der Waals surface area contributed by atoms with Crippen LogP contribution in [0.2, 0.25) is 0 Å². The molecule has 0 saturated heterocycles. The Hall–Kier alpha value is -0.770. The molecule has 0 aromatic heterocycles. The quantitative estimate of drug-likeness (QED) is 0.458. The van der Waals surface area contributed by atoms with Gasteiger partial charge in [-0.15, -0.1) is 0 Å². The predicted molar refractivity (Wildman–Crippen MR) is 42.0 cm³/mol. The highest BCUT2D eigenvalue weighted by atomic mass is 15.2. The molecule has 4 nitrogen and oxygen atoms in total. The molecular weight excluding hydrogens is 128 g/mol. The molecular formula is C6H14N4. The predicted octanol–water partition coefficient (Wildman–Crippen LogP) is -1.12.